The maximum Gasteiger partial charge on any atom is 0.277 e. The highest BCUT2D eigenvalue weighted by Gasteiger charge is 2.26. The normalized spacial score (nSPS) is 10.5. The summed E-state index contributed by atoms with van der Waals surface area (Å²) in [6.07, 6.45) is 1.78. The van der Waals surface area contributed by atoms with Crippen LogP contribution in [0.4, 0.5) is 0 Å². The molecular formula is C13H16Cl2N2O2. The number of nitrogens with one attached hydrogen (secondary N) is 1. The molecule has 0 radical (unpaired) electrons. The molecule has 1 aromatic rings. The fourth-order valence-electron chi connectivity index (χ4n) is 1.42. The van der Waals surface area contributed by atoms with Crippen LogP contribution < -0.4 is 5.43 Å². The number of unbranched alkanes of at least 4 members (excludes halogenated alkanes) is 1. The largest absolute Gasteiger partial charge is 0.277 e. The Morgan fingerprint density at radius 2 is 1.89 bits per heavy atom. The van der Waals surface area contributed by atoms with E-state index in [2.05, 4.69) is 5.43 Å². The van der Waals surface area contributed by atoms with E-state index in [1.54, 1.807) is 30.3 Å². The summed E-state index contributed by atoms with van der Waals surface area (Å²) in [6.45, 7) is 2.51. The van der Waals surface area contributed by atoms with Gasteiger partial charge in [0.25, 0.3) is 11.8 Å². The number of benzene rings is 1. The first-order valence-corrected chi connectivity index (χ1v) is 6.90. The second-order valence-electron chi connectivity index (χ2n) is 3.91. The summed E-state index contributed by atoms with van der Waals surface area (Å²) in [5.41, 5.74) is 3.16. The van der Waals surface area contributed by atoms with Crippen molar-refractivity contribution in [3.63, 3.8) is 0 Å². The number of carbonyl (C=O) groups is 2. The van der Waals surface area contributed by atoms with E-state index >= 15 is 0 Å². The van der Waals surface area contributed by atoms with Crippen LogP contribution in [0.5, 0.6) is 0 Å². The van der Waals surface area contributed by atoms with Gasteiger partial charge in [-0.1, -0.05) is 54.7 Å². The fraction of sp³-hybridized carbons (Fsp3) is 0.385. The first kappa shape index (κ1) is 16.0. The third-order valence-corrected chi connectivity index (χ3v) is 2.80. The third-order valence-electron chi connectivity index (χ3n) is 2.43. The van der Waals surface area contributed by atoms with Crippen molar-refractivity contribution in [1.82, 2.24) is 10.4 Å². The number of nitrogens with zero attached hydrogens (tertiary/aromatic N) is 1. The van der Waals surface area contributed by atoms with E-state index in [4.69, 9.17) is 23.2 Å². The van der Waals surface area contributed by atoms with E-state index in [0.717, 1.165) is 17.9 Å². The van der Waals surface area contributed by atoms with Crippen molar-refractivity contribution < 1.29 is 9.59 Å². The molecule has 0 spiro atoms. The molecule has 0 aliphatic carbocycles. The molecular weight excluding hydrogens is 287 g/mol. The van der Waals surface area contributed by atoms with Crippen LogP contribution in [0.2, 0.25) is 0 Å². The number of alkyl halides is 2. The van der Waals surface area contributed by atoms with Gasteiger partial charge in [-0.25, -0.2) is 10.4 Å². The summed E-state index contributed by atoms with van der Waals surface area (Å²) in [7, 11) is 0. The smallest absolute Gasteiger partial charge is 0.270 e. The first-order valence-electron chi connectivity index (χ1n) is 6.03. The van der Waals surface area contributed by atoms with Gasteiger partial charge in [0.15, 0.2) is 4.84 Å². The van der Waals surface area contributed by atoms with Gasteiger partial charge in [-0.05, 0) is 18.6 Å². The predicted molar refractivity (Wildman–Crippen MR) is 76.0 cm³/mol. The molecule has 0 saturated heterocycles. The first-order chi connectivity index (χ1) is 9.07. The topological polar surface area (TPSA) is 49.4 Å². The molecule has 1 N–H and O–H groups in total. The van der Waals surface area contributed by atoms with Gasteiger partial charge >= 0.3 is 0 Å². The zero-order chi connectivity index (χ0) is 14.3. The maximum atomic E-state index is 12.2. The van der Waals surface area contributed by atoms with Crippen LogP contribution in [-0.4, -0.2) is 28.2 Å². The number of halogens is 2. The highest BCUT2D eigenvalue weighted by molar-refractivity contribution is 6.54. The van der Waals surface area contributed by atoms with Crippen LogP contribution in [-0.2, 0) is 4.79 Å². The molecule has 0 unspecified atom stereocenters. The molecule has 2 amide bonds. The van der Waals surface area contributed by atoms with E-state index in [-0.39, 0.29) is 0 Å². The minimum atomic E-state index is -1.28. The molecule has 1 aromatic carbocycles. The molecule has 1 rings (SSSR count). The lowest BCUT2D eigenvalue weighted by molar-refractivity contribution is -0.129. The van der Waals surface area contributed by atoms with Crippen LogP contribution >= 0.6 is 23.2 Å². The van der Waals surface area contributed by atoms with Crippen LogP contribution in [0.1, 0.15) is 30.1 Å². The minimum Gasteiger partial charge on any atom is -0.270 e. The number of amides is 2. The number of rotatable bonds is 6. The second-order valence-corrected chi connectivity index (χ2v) is 5.00. The highest BCUT2D eigenvalue weighted by Crippen LogP contribution is 2.10. The Bertz CT molecular complexity index is 424. The lowest BCUT2D eigenvalue weighted by Crippen LogP contribution is -2.49. The number of hydrogen-bond acceptors (Lipinski definition) is 3. The van der Waals surface area contributed by atoms with Gasteiger partial charge in [0.1, 0.15) is 0 Å². The van der Waals surface area contributed by atoms with E-state index in [1.165, 1.54) is 0 Å². The number of imide groups is 1. The van der Waals surface area contributed by atoms with Gasteiger partial charge < -0.3 is 0 Å². The van der Waals surface area contributed by atoms with Gasteiger partial charge in [0, 0.05) is 12.1 Å². The molecule has 4 nitrogen and oxygen atoms in total. The molecule has 0 aliphatic rings. The number of hydrazine groups is 1. The summed E-state index contributed by atoms with van der Waals surface area (Å²) in [5, 5.41) is 0.885. The van der Waals surface area contributed by atoms with Crippen molar-refractivity contribution in [2.45, 2.75) is 24.6 Å². The quantitative estimate of drug-likeness (QED) is 0.499. The predicted octanol–water partition coefficient (Wildman–Crippen LogP) is 2.76. The van der Waals surface area contributed by atoms with Gasteiger partial charge in [-0.2, -0.15) is 0 Å². The van der Waals surface area contributed by atoms with E-state index < -0.39 is 16.7 Å². The van der Waals surface area contributed by atoms with Gasteiger partial charge in [-0.3, -0.25) is 9.59 Å². The van der Waals surface area contributed by atoms with Crippen LogP contribution in [0, 0.1) is 0 Å². The van der Waals surface area contributed by atoms with E-state index in [1.807, 2.05) is 6.92 Å². The Balaban J connectivity index is 2.83. The number of carbonyl (C=O) groups excluding carboxylic acids is 2. The van der Waals surface area contributed by atoms with Gasteiger partial charge in [0.05, 0.1) is 0 Å². The van der Waals surface area contributed by atoms with Crippen molar-refractivity contribution in [2.75, 3.05) is 6.54 Å². The average Bonchev–Trinajstić information content (AvgIpc) is 2.43. The molecule has 0 aliphatic heterocycles. The van der Waals surface area contributed by atoms with Gasteiger partial charge in [0.2, 0.25) is 0 Å². The lowest BCUT2D eigenvalue weighted by Gasteiger charge is -2.22. The molecule has 0 saturated carbocycles. The standard InChI is InChI=1S/C13H16Cl2N2O2/c1-2-3-9-16-17(13(19)11(14)15)12(18)10-7-5-4-6-8-10/h4-8,11,16H,2-3,9H2,1H3. The van der Waals surface area contributed by atoms with E-state index in [9.17, 15) is 9.59 Å². The fourth-order valence-corrected chi connectivity index (χ4v) is 1.62. The summed E-state index contributed by atoms with van der Waals surface area (Å²) in [6, 6.07) is 8.49. The summed E-state index contributed by atoms with van der Waals surface area (Å²) in [4.78, 5) is 22.8. The molecule has 0 bridgehead atoms. The van der Waals surface area contributed by atoms with Crippen molar-refractivity contribution in [1.29, 1.82) is 0 Å². The minimum absolute atomic E-state index is 0.397. The monoisotopic (exact) mass is 302 g/mol. The molecule has 0 atom stereocenters. The SMILES string of the molecule is CCCCNN(C(=O)c1ccccc1)C(=O)C(Cl)Cl. The Morgan fingerprint density at radius 1 is 1.26 bits per heavy atom. The zero-order valence-electron chi connectivity index (χ0n) is 10.6. The Morgan fingerprint density at radius 3 is 2.42 bits per heavy atom. The van der Waals surface area contributed by atoms with Crippen molar-refractivity contribution >= 4 is 35.0 Å². The van der Waals surface area contributed by atoms with Crippen LogP contribution in [0.3, 0.4) is 0 Å². The molecule has 0 aromatic heterocycles. The third kappa shape index (κ3) is 4.82. The van der Waals surface area contributed by atoms with Crippen molar-refractivity contribution in [3.05, 3.63) is 35.9 Å². The average molecular weight is 303 g/mol. The van der Waals surface area contributed by atoms with Crippen molar-refractivity contribution in [2.24, 2.45) is 0 Å². The molecule has 104 valence electrons. The van der Waals surface area contributed by atoms with E-state index in [0.29, 0.717) is 12.1 Å². The molecule has 19 heavy (non-hydrogen) atoms. The number of hydrogen-bond donors (Lipinski definition) is 1. The second kappa shape index (κ2) is 8.15. The van der Waals surface area contributed by atoms with Crippen LogP contribution in [0.25, 0.3) is 0 Å². The maximum absolute atomic E-state index is 12.2. The molecule has 0 heterocycles. The highest BCUT2D eigenvalue weighted by atomic mass is 35.5. The summed E-state index contributed by atoms with van der Waals surface area (Å²) >= 11 is 11.1. The van der Waals surface area contributed by atoms with Crippen LogP contribution in [0.15, 0.2) is 30.3 Å². The summed E-state index contributed by atoms with van der Waals surface area (Å²) < 4.78 is 0. The molecule has 0 fully saturated rings. The van der Waals surface area contributed by atoms with Gasteiger partial charge in [-0.15, -0.1) is 0 Å². The Labute approximate surface area is 122 Å². The Hall–Kier alpha value is -1.10. The lowest BCUT2D eigenvalue weighted by atomic mass is 10.2. The Kier molecular flexibility index (Phi) is 6.84. The molecule has 6 heteroatoms. The zero-order valence-corrected chi connectivity index (χ0v) is 12.1. The van der Waals surface area contributed by atoms with Crippen molar-refractivity contribution in [3.8, 4) is 0 Å². The summed E-state index contributed by atoms with van der Waals surface area (Å²) in [5.74, 6) is -1.14.